The molecule has 0 aromatic carbocycles. The fourth-order valence-corrected chi connectivity index (χ4v) is 1.42. The molecule has 0 unspecified atom stereocenters. The van der Waals surface area contributed by atoms with E-state index in [1.807, 2.05) is 0 Å². The first-order chi connectivity index (χ1) is 5.33. The van der Waals surface area contributed by atoms with Crippen LogP contribution >= 0.6 is 11.6 Å². The van der Waals surface area contributed by atoms with E-state index in [0.29, 0.717) is 11.8 Å². The zero-order valence-corrected chi connectivity index (χ0v) is 7.73. The minimum absolute atomic E-state index is 0.664. The van der Waals surface area contributed by atoms with Crippen LogP contribution in [0.25, 0.3) is 0 Å². The highest BCUT2D eigenvalue weighted by atomic mass is 35.5. The molecular formula is C9H15ClO. The zero-order valence-electron chi connectivity index (χ0n) is 6.98. The topological polar surface area (TPSA) is 9.23 Å². The van der Waals surface area contributed by atoms with Crippen molar-refractivity contribution in [2.75, 3.05) is 19.1 Å². The second-order valence-corrected chi connectivity index (χ2v) is 3.36. The van der Waals surface area contributed by atoms with Crippen molar-refractivity contribution >= 4 is 11.6 Å². The molecule has 1 heterocycles. The van der Waals surface area contributed by atoms with Crippen LogP contribution in [0.2, 0.25) is 0 Å². The lowest BCUT2D eigenvalue weighted by Gasteiger charge is -2.19. The number of hydrogen-bond acceptors (Lipinski definition) is 1. The Morgan fingerprint density at radius 1 is 1.55 bits per heavy atom. The minimum Gasteiger partial charge on any atom is -0.381 e. The SMILES string of the molecule is C/C(=C\C1CCOCC1)CCl. The summed E-state index contributed by atoms with van der Waals surface area (Å²) in [5, 5.41) is 0. The van der Waals surface area contributed by atoms with E-state index in [0.717, 1.165) is 26.1 Å². The highest BCUT2D eigenvalue weighted by Crippen LogP contribution is 2.17. The Kier molecular flexibility index (Phi) is 3.95. The van der Waals surface area contributed by atoms with Gasteiger partial charge >= 0.3 is 0 Å². The summed E-state index contributed by atoms with van der Waals surface area (Å²) in [4.78, 5) is 0. The van der Waals surface area contributed by atoms with Gasteiger partial charge < -0.3 is 4.74 Å². The average molecular weight is 175 g/mol. The van der Waals surface area contributed by atoms with Crippen molar-refractivity contribution in [3.63, 3.8) is 0 Å². The fraction of sp³-hybridized carbons (Fsp3) is 0.778. The van der Waals surface area contributed by atoms with E-state index >= 15 is 0 Å². The smallest absolute Gasteiger partial charge is 0.0471 e. The van der Waals surface area contributed by atoms with Crippen molar-refractivity contribution in [3.05, 3.63) is 11.6 Å². The molecule has 1 fully saturated rings. The zero-order chi connectivity index (χ0) is 8.10. The molecule has 1 rings (SSSR count). The number of allylic oxidation sites excluding steroid dienone is 2. The number of hydrogen-bond donors (Lipinski definition) is 0. The summed E-state index contributed by atoms with van der Waals surface area (Å²) in [6.07, 6.45) is 4.61. The van der Waals surface area contributed by atoms with E-state index in [1.165, 1.54) is 5.57 Å². The molecule has 0 aromatic heterocycles. The van der Waals surface area contributed by atoms with Crippen LogP contribution in [-0.4, -0.2) is 19.1 Å². The van der Waals surface area contributed by atoms with Gasteiger partial charge in [0.25, 0.3) is 0 Å². The highest BCUT2D eigenvalue weighted by Gasteiger charge is 2.10. The van der Waals surface area contributed by atoms with Gasteiger partial charge in [-0.3, -0.25) is 0 Å². The summed E-state index contributed by atoms with van der Waals surface area (Å²) in [6.45, 7) is 3.91. The summed E-state index contributed by atoms with van der Waals surface area (Å²) >= 11 is 5.67. The third-order valence-corrected chi connectivity index (χ3v) is 2.42. The first-order valence-corrected chi connectivity index (χ1v) is 4.67. The molecule has 0 aromatic rings. The standard InChI is InChI=1S/C9H15ClO/c1-8(7-10)6-9-2-4-11-5-3-9/h6,9H,2-5,7H2,1H3/b8-6+. The normalized spacial score (nSPS) is 22.2. The molecule has 0 bridgehead atoms. The van der Waals surface area contributed by atoms with Gasteiger partial charge in [0.15, 0.2) is 0 Å². The molecule has 0 saturated carbocycles. The maximum atomic E-state index is 5.67. The lowest BCUT2D eigenvalue weighted by molar-refractivity contribution is 0.0784. The Bertz CT molecular complexity index is 136. The third-order valence-electron chi connectivity index (χ3n) is 2.00. The van der Waals surface area contributed by atoms with Crippen LogP contribution in [0, 0.1) is 5.92 Å². The van der Waals surface area contributed by atoms with Gasteiger partial charge in [-0.05, 0) is 25.7 Å². The van der Waals surface area contributed by atoms with E-state index in [9.17, 15) is 0 Å². The van der Waals surface area contributed by atoms with Crippen LogP contribution in [-0.2, 0) is 4.74 Å². The van der Waals surface area contributed by atoms with Crippen molar-refractivity contribution in [3.8, 4) is 0 Å². The first-order valence-electron chi connectivity index (χ1n) is 4.14. The molecule has 1 saturated heterocycles. The lowest BCUT2D eigenvalue weighted by Crippen LogP contribution is -2.14. The molecule has 64 valence electrons. The van der Waals surface area contributed by atoms with E-state index in [-0.39, 0.29) is 0 Å². The average Bonchev–Trinajstić information content (AvgIpc) is 2.06. The molecule has 1 aliphatic heterocycles. The van der Waals surface area contributed by atoms with Crippen molar-refractivity contribution in [2.24, 2.45) is 5.92 Å². The van der Waals surface area contributed by atoms with Crippen LogP contribution in [0.15, 0.2) is 11.6 Å². The van der Waals surface area contributed by atoms with Crippen LogP contribution in [0.3, 0.4) is 0 Å². The predicted octanol–water partition coefficient (Wildman–Crippen LogP) is 2.60. The van der Waals surface area contributed by atoms with Crippen LogP contribution in [0.4, 0.5) is 0 Å². The van der Waals surface area contributed by atoms with Crippen molar-refractivity contribution in [2.45, 2.75) is 19.8 Å². The molecule has 0 atom stereocenters. The Balaban J connectivity index is 2.34. The molecule has 0 aliphatic carbocycles. The summed E-state index contributed by atoms with van der Waals surface area (Å²) in [5.41, 5.74) is 1.29. The van der Waals surface area contributed by atoms with Crippen molar-refractivity contribution in [1.29, 1.82) is 0 Å². The number of ether oxygens (including phenoxy) is 1. The van der Waals surface area contributed by atoms with E-state index in [1.54, 1.807) is 0 Å². The van der Waals surface area contributed by atoms with Gasteiger partial charge in [0.2, 0.25) is 0 Å². The molecule has 0 radical (unpaired) electrons. The highest BCUT2D eigenvalue weighted by molar-refractivity contribution is 6.19. The van der Waals surface area contributed by atoms with Gasteiger partial charge in [-0.2, -0.15) is 0 Å². The maximum Gasteiger partial charge on any atom is 0.0471 e. The summed E-state index contributed by atoms with van der Waals surface area (Å²) < 4.78 is 5.25. The Labute approximate surface area is 73.4 Å². The second-order valence-electron chi connectivity index (χ2n) is 3.10. The molecular weight excluding hydrogens is 160 g/mol. The fourth-order valence-electron chi connectivity index (χ4n) is 1.33. The molecule has 11 heavy (non-hydrogen) atoms. The first kappa shape index (κ1) is 9.08. The van der Waals surface area contributed by atoms with E-state index < -0.39 is 0 Å². The number of alkyl halides is 1. The molecule has 0 N–H and O–H groups in total. The Morgan fingerprint density at radius 3 is 2.73 bits per heavy atom. The summed E-state index contributed by atoms with van der Waals surface area (Å²) in [7, 11) is 0. The van der Waals surface area contributed by atoms with Crippen LogP contribution in [0.1, 0.15) is 19.8 Å². The molecule has 0 amide bonds. The predicted molar refractivity (Wildman–Crippen MR) is 48.0 cm³/mol. The molecule has 1 nitrogen and oxygen atoms in total. The van der Waals surface area contributed by atoms with Gasteiger partial charge in [0, 0.05) is 19.1 Å². The monoisotopic (exact) mass is 174 g/mol. The molecule has 1 aliphatic rings. The lowest BCUT2D eigenvalue weighted by atomic mass is 9.98. The van der Waals surface area contributed by atoms with Crippen LogP contribution in [0.5, 0.6) is 0 Å². The molecule has 2 heteroatoms. The largest absolute Gasteiger partial charge is 0.381 e. The van der Waals surface area contributed by atoms with Crippen LogP contribution < -0.4 is 0 Å². The maximum absolute atomic E-state index is 5.67. The van der Waals surface area contributed by atoms with Gasteiger partial charge in [-0.25, -0.2) is 0 Å². The number of rotatable bonds is 2. The second kappa shape index (κ2) is 4.78. The van der Waals surface area contributed by atoms with E-state index in [2.05, 4.69) is 13.0 Å². The molecule has 0 spiro atoms. The summed E-state index contributed by atoms with van der Waals surface area (Å²) in [6, 6.07) is 0. The van der Waals surface area contributed by atoms with Crippen molar-refractivity contribution < 1.29 is 4.74 Å². The third kappa shape index (κ3) is 3.26. The quantitative estimate of drug-likeness (QED) is 0.462. The van der Waals surface area contributed by atoms with Gasteiger partial charge in [-0.1, -0.05) is 11.6 Å². The van der Waals surface area contributed by atoms with E-state index in [4.69, 9.17) is 16.3 Å². The number of halogens is 1. The summed E-state index contributed by atoms with van der Waals surface area (Å²) in [5.74, 6) is 1.37. The minimum atomic E-state index is 0.664. The Morgan fingerprint density at radius 2 is 2.18 bits per heavy atom. The van der Waals surface area contributed by atoms with Gasteiger partial charge in [0.05, 0.1) is 0 Å². The van der Waals surface area contributed by atoms with Crippen molar-refractivity contribution in [1.82, 2.24) is 0 Å². The van der Waals surface area contributed by atoms with Gasteiger partial charge in [0.1, 0.15) is 0 Å². The van der Waals surface area contributed by atoms with Gasteiger partial charge in [-0.15, -0.1) is 11.6 Å². The Hall–Kier alpha value is -0.0100.